The van der Waals surface area contributed by atoms with Crippen LogP contribution < -0.4 is 8.91 Å². The van der Waals surface area contributed by atoms with Crippen molar-refractivity contribution in [1.29, 1.82) is 0 Å². The monoisotopic (exact) mass is 329 g/mol. The SMILES string of the molecule is O=S1(=O)NCc2cccc(-c3ccc(C(F)(F)F)cc3)c2O1. The predicted octanol–water partition coefficient (Wildman–Crippen LogP) is 3.10. The van der Waals surface area contributed by atoms with Crippen molar-refractivity contribution in [1.82, 2.24) is 4.72 Å². The second kappa shape index (κ2) is 4.99. The van der Waals surface area contributed by atoms with E-state index in [1.807, 2.05) is 0 Å². The summed E-state index contributed by atoms with van der Waals surface area (Å²) < 4.78 is 67.9. The summed E-state index contributed by atoms with van der Waals surface area (Å²) in [5, 5.41) is 0. The fraction of sp³-hybridized carbons (Fsp3) is 0.143. The van der Waals surface area contributed by atoms with Crippen LogP contribution in [-0.4, -0.2) is 8.42 Å². The third-order valence-electron chi connectivity index (χ3n) is 3.25. The van der Waals surface area contributed by atoms with Crippen molar-refractivity contribution in [2.45, 2.75) is 12.7 Å². The first kappa shape index (κ1) is 14.9. The van der Waals surface area contributed by atoms with Crippen molar-refractivity contribution in [3.63, 3.8) is 0 Å². The van der Waals surface area contributed by atoms with Crippen molar-refractivity contribution in [2.75, 3.05) is 0 Å². The van der Waals surface area contributed by atoms with Gasteiger partial charge in [-0.1, -0.05) is 30.3 Å². The van der Waals surface area contributed by atoms with Crippen LogP contribution in [0.4, 0.5) is 13.2 Å². The largest absolute Gasteiger partial charge is 0.416 e. The van der Waals surface area contributed by atoms with Crippen LogP contribution in [0.1, 0.15) is 11.1 Å². The lowest BCUT2D eigenvalue weighted by Gasteiger charge is -2.20. The van der Waals surface area contributed by atoms with E-state index in [4.69, 9.17) is 4.18 Å². The van der Waals surface area contributed by atoms with Gasteiger partial charge in [0.1, 0.15) is 0 Å². The highest BCUT2D eigenvalue weighted by molar-refractivity contribution is 7.85. The molecule has 1 aliphatic heterocycles. The lowest BCUT2D eigenvalue weighted by atomic mass is 10.00. The summed E-state index contributed by atoms with van der Waals surface area (Å²) in [6.45, 7) is 0.0755. The highest BCUT2D eigenvalue weighted by Crippen LogP contribution is 2.37. The number of alkyl halides is 3. The first-order chi connectivity index (χ1) is 10.3. The molecule has 4 nitrogen and oxygen atoms in total. The summed E-state index contributed by atoms with van der Waals surface area (Å²) in [6.07, 6.45) is -4.42. The van der Waals surface area contributed by atoms with E-state index in [-0.39, 0.29) is 12.3 Å². The lowest BCUT2D eigenvalue weighted by molar-refractivity contribution is -0.137. The molecule has 0 amide bonds. The third-order valence-corrected chi connectivity index (χ3v) is 4.14. The number of halogens is 3. The van der Waals surface area contributed by atoms with Gasteiger partial charge >= 0.3 is 16.5 Å². The Morgan fingerprint density at radius 3 is 2.36 bits per heavy atom. The Balaban J connectivity index is 2.07. The summed E-state index contributed by atoms with van der Waals surface area (Å²) in [5.74, 6) is 0.140. The van der Waals surface area contributed by atoms with Gasteiger partial charge in [0, 0.05) is 17.7 Å². The molecule has 3 rings (SSSR count). The van der Waals surface area contributed by atoms with Crippen LogP contribution in [0.25, 0.3) is 11.1 Å². The Labute approximate surface area is 124 Å². The van der Waals surface area contributed by atoms with Crippen LogP contribution >= 0.6 is 0 Å². The van der Waals surface area contributed by atoms with Crippen molar-refractivity contribution >= 4 is 10.3 Å². The third kappa shape index (κ3) is 2.79. The molecule has 0 aromatic heterocycles. The summed E-state index contributed by atoms with van der Waals surface area (Å²) in [6, 6.07) is 9.45. The molecule has 1 N–H and O–H groups in total. The average Bonchev–Trinajstić information content (AvgIpc) is 2.45. The molecule has 2 aromatic rings. The molecule has 0 spiro atoms. The van der Waals surface area contributed by atoms with Crippen molar-refractivity contribution in [2.24, 2.45) is 0 Å². The molecule has 0 unspecified atom stereocenters. The topological polar surface area (TPSA) is 55.4 Å². The Morgan fingerprint density at radius 1 is 1.05 bits per heavy atom. The molecule has 0 aliphatic carbocycles. The van der Waals surface area contributed by atoms with Crippen LogP contribution in [0.2, 0.25) is 0 Å². The van der Waals surface area contributed by atoms with Crippen LogP contribution in [0.3, 0.4) is 0 Å². The highest BCUT2D eigenvalue weighted by Gasteiger charge is 2.30. The van der Waals surface area contributed by atoms with Gasteiger partial charge in [0.2, 0.25) is 0 Å². The van der Waals surface area contributed by atoms with E-state index in [0.29, 0.717) is 16.7 Å². The van der Waals surface area contributed by atoms with Crippen molar-refractivity contribution < 1.29 is 25.8 Å². The number of fused-ring (bicyclic) bond motifs is 1. The molecule has 0 atom stereocenters. The number of hydrogen-bond acceptors (Lipinski definition) is 3. The molecule has 1 heterocycles. The first-order valence-electron chi connectivity index (χ1n) is 6.25. The van der Waals surface area contributed by atoms with E-state index in [0.717, 1.165) is 12.1 Å². The summed E-state index contributed by atoms with van der Waals surface area (Å²) in [5.41, 5.74) is 0.724. The van der Waals surface area contributed by atoms with Gasteiger partial charge in [-0.3, -0.25) is 0 Å². The molecule has 22 heavy (non-hydrogen) atoms. The minimum absolute atomic E-state index is 0.0755. The maximum atomic E-state index is 12.6. The van der Waals surface area contributed by atoms with Crippen LogP contribution in [-0.2, 0) is 23.0 Å². The van der Waals surface area contributed by atoms with E-state index in [2.05, 4.69) is 4.72 Å². The molecular formula is C14H10F3NO3S. The second-order valence-electron chi connectivity index (χ2n) is 4.73. The quantitative estimate of drug-likeness (QED) is 0.875. The second-order valence-corrected chi connectivity index (χ2v) is 6.09. The van der Waals surface area contributed by atoms with Crippen LogP contribution in [0, 0.1) is 0 Å². The number of hydrogen-bond donors (Lipinski definition) is 1. The molecule has 2 aromatic carbocycles. The summed E-state index contributed by atoms with van der Waals surface area (Å²) >= 11 is 0. The van der Waals surface area contributed by atoms with Gasteiger partial charge in [0.15, 0.2) is 5.75 Å². The van der Waals surface area contributed by atoms with Crippen LogP contribution in [0.5, 0.6) is 5.75 Å². The fourth-order valence-electron chi connectivity index (χ4n) is 2.19. The van der Waals surface area contributed by atoms with Crippen molar-refractivity contribution in [3.8, 4) is 16.9 Å². The molecular weight excluding hydrogens is 319 g/mol. The van der Waals surface area contributed by atoms with E-state index >= 15 is 0 Å². The van der Waals surface area contributed by atoms with Crippen molar-refractivity contribution in [3.05, 3.63) is 53.6 Å². The zero-order chi connectivity index (χ0) is 16.0. The maximum absolute atomic E-state index is 12.6. The molecule has 0 bridgehead atoms. The lowest BCUT2D eigenvalue weighted by Crippen LogP contribution is -2.32. The smallest absolute Gasteiger partial charge is 0.370 e. The molecule has 116 valence electrons. The Hall–Kier alpha value is -2.06. The number of benzene rings is 2. The zero-order valence-corrected chi connectivity index (χ0v) is 11.8. The number of rotatable bonds is 1. The van der Waals surface area contributed by atoms with Gasteiger partial charge in [-0.2, -0.15) is 26.3 Å². The molecule has 0 fully saturated rings. The summed E-state index contributed by atoms with van der Waals surface area (Å²) in [7, 11) is -3.89. The van der Waals surface area contributed by atoms with E-state index < -0.39 is 22.0 Å². The van der Waals surface area contributed by atoms with Gasteiger partial charge in [-0.15, -0.1) is 0 Å². The van der Waals surface area contributed by atoms with Gasteiger partial charge in [0.25, 0.3) is 0 Å². The summed E-state index contributed by atoms with van der Waals surface area (Å²) in [4.78, 5) is 0. The van der Waals surface area contributed by atoms with Crippen LogP contribution in [0.15, 0.2) is 42.5 Å². The Kier molecular flexibility index (Phi) is 3.37. The van der Waals surface area contributed by atoms with Gasteiger partial charge in [0.05, 0.1) is 5.56 Å². The molecule has 0 saturated heterocycles. The standard InChI is InChI=1S/C14H10F3NO3S/c15-14(16,17)11-6-4-9(5-7-11)12-3-1-2-10-8-18-22(19,20)21-13(10)12/h1-7,18H,8H2. The molecule has 0 radical (unpaired) electrons. The van der Waals surface area contributed by atoms with E-state index in [1.165, 1.54) is 12.1 Å². The molecule has 8 heteroatoms. The van der Waals surface area contributed by atoms with Gasteiger partial charge in [-0.25, -0.2) is 0 Å². The number of nitrogens with one attached hydrogen (secondary N) is 1. The number of para-hydroxylation sites is 1. The Morgan fingerprint density at radius 2 is 1.73 bits per heavy atom. The molecule has 1 aliphatic rings. The van der Waals surface area contributed by atoms with Gasteiger partial charge < -0.3 is 4.18 Å². The average molecular weight is 329 g/mol. The van der Waals surface area contributed by atoms with E-state index in [1.54, 1.807) is 18.2 Å². The minimum Gasteiger partial charge on any atom is -0.370 e. The maximum Gasteiger partial charge on any atom is 0.416 e. The highest BCUT2D eigenvalue weighted by atomic mass is 32.2. The normalized spacial score (nSPS) is 16.7. The predicted molar refractivity (Wildman–Crippen MR) is 73.3 cm³/mol. The minimum atomic E-state index is -4.42. The van der Waals surface area contributed by atoms with E-state index in [9.17, 15) is 21.6 Å². The molecule has 0 saturated carbocycles. The first-order valence-corrected chi connectivity index (χ1v) is 7.66. The van der Waals surface area contributed by atoms with Gasteiger partial charge in [-0.05, 0) is 17.7 Å². The fourth-order valence-corrected chi connectivity index (χ4v) is 3.00. The Bertz CT molecular complexity index is 814. The zero-order valence-electron chi connectivity index (χ0n) is 11.0.